The number of methoxy groups -OCH3 is 1. The van der Waals surface area contributed by atoms with Crippen LogP contribution >= 0.6 is 0 Å². The van der Waals surface area contributed by atoms with Gasteiger partial charge in [-0.1, -0.05) is 12.1 Å². The summed E-state index contributed by atoms with van der Waals surface area (Å²) in [6, 6.07) is 15.3. The molecule has 0 aliphatic carbocycles. The van der Waals surface area contributed by atoms with Crippen LogP contribution in [0.4, 0.5) is 0 Å². The number of rotatable bonds is 5. The SMILES string of the molecule is COc1cccc(-c2cc(Oc3ccc(C(=O)O)cc3)ncn2)c1. The van der Waals surface area contributed by atoms with Crippen LogP contribution in [0, 0.1) is 0 Å². The van der Waals surface area contributed by atoms with E-state index >= 15 is 0 Å². The molecule has 0 unspecified atom stereocenters. The number of hydrogen-bond acceptors (Lipinski definition) is 5. The number of ether oxygens (including phenoxy) is 2. The highest BCUT2D eigenvalue weighted by atomic mass is 16.5. The highest BCUT2D eigenvalue weighted by molar-refractivity contribution is 5.87. The van der Waals surface area contributed by atoms with Crippen LogP contribution in [0.5, 0.6) is 17.4 Å². The lowest BCUT2D eigenvalue weighted by atomic mass is 10.1. The topological polar surface area (TPSA) is 81.5 Å². The number of aromatic carboxylic acids is 1. The Bertz CT molecular complexity index is 863. The molecule has 0 amide bonds. The zero-order valence-corrected chi connectivity index (χ0v) is 12.8. The van der Waals surface area contributed by atoms with Gasteiger partial charge < -0.3 is 14.6 Å². The molecular weight excluding hydrogens is 308 g/mol. The fourth-order valence-electron chi connectivity index (χ4n) is 2.12. The van der Waals surface area contributed by atoms with Crippen LogP contribution in [0.25, 0.3) is 11.3 Å². The van der Waals surface area contributed by atoms with E-state index < -0.39 is 5.97 Å². The first-order chi connectivity index (χ1) is 11.7. The first-order valence-corrected chi connectivity index (χ1v) is 7.13. The van der Waals surface area contributed by atoms with Crippen LogP contribution in [-0.4, -0.2) is 28.2 Å². The van der Waals surface area contributed by atoms with Gasteiger partial charge in [0.15, 0.2) is 0 Å². The quantitative estimate of drug-likeness (QED) is 0.772. The summed E-state index contributed by atoms with van der Waals surface area (Å²) in [4.78, 5) is 19.2. The van der Waals surface area contributed by atoms with E-state index in [1.165, 1.54) is 18.5 Å². The number of nitrogens with zero attached hydrogens (tertiary/aromatic N) is 2. The lowest BCUT2D eigenvalue weighted by Crippen LogP contribution is -1.96. The summed E-state index contributed by atoms with van der Waals surface area (Å²) in [5.74, 6) is 0.614. The van der Waals surface area contributed by atoms with Gasteiger partial charge >= 0.3 is 5.97 Å². The van der Waals surface area contributed by atoms with Crippen LogP contribution in [0.15, 0.2) is 60.9 Å². The lowest BCUT2D eigenvalue weighted by Gasteiger charge is -2.07. The fraction of sp³-hybridized carbons (Fsp3) is 0.0556. The molecular formula is C18H14N2O4. The summed E-state index contributed by atoms with van der Waals surface area (Å²) in [6.07, 6.45) is 1.41. The van der Waals surface area contributed by atoms with Crippen molar-refractivity contribution in [1.29, 1.82) is 0 Å². The van der Waals surface area contributed by atoms with Crippen molar-refractivity contribution >= 4 is 5.97 Å². The maximum atomic E-state index is 10.9. The van der Waals surface area contributed by atoms with Gasteiger partial charge in [-0.25, -0.2) is 14.8 Å². The molecule has 0 atom stereocenters. The highest BCUT2D eigenvalue weighted by Crippen LogP contribution is 2.26. The maximum Gasteiger partial charge on any atom is 0.335 e. The number of carboxylic acids is 1. The van der Waals surface area contributed by atoms with Gasteiger partial charge in [0.05, 0.1) is 18.4 Å². The molecule has 0 saturated carbocycles. The molecule has 0 radical (unpaired) electrons. The monoisotopic (exact) mass is 322 g/mol. The second kappa shape index (κ2) is 6.78. The molecule has 1 heterocycles. The predicted molar refractivity (Wildman–Crippen MR) is 87.5 cm³/mol. The van der Waals surface area contributed by atoms with E-state index in [0.29, 0.717) is 17.3 Å². The van der Waals surface area contributed by atoms with Crippen LogP contribution < -0.4 is 9.47 Å². The molecule has 0 aliphatic rings. The van der Waals surface area contributed by atoms with Gasteiger partial charge in [0.1, 0.15) is 17.8 Å². The fourth-order valence-corrected chi connectivity index (χ4v) is 2.12. The molecule has 0 aliphatic heterocycles. The number of hydrogen-bond donors (Lipinski definition) is 1. The van der Waals surface area contributed by atoms with Crippen LogP contribution in [0.3, 0.4) is 0 Å². The molecule has 0 spiro atoms. The zero-order chi connectivity index (χ0) is 16.9. The van der Waals surface area contributed by atoms with E-state index in [-0.39, 0.29) is 5.56 Å². The Morgan fingerprint density at radius 1 is 1.00 bits per heavy atom. The number of carboxylic acid groups (broad SMARTS) is 1. The van der Waals surface area contributed by atoms with Crippen LogP contribution in [0.1, 0.15) is 10.4 Å². The Balaban J connectivity index is 1.83. The van der Waals surface area contributed by atoms with E-state index in [9.17, 15) is 4.79 Å². The van der Waals surface area contributed by atoms with Crippen molar-refractivity contribution in [3.8, 4) is 28.6 Å². The van der Waals surface area contributed by atoms with Gasteiger partial charge in [0.25, 0.3) is 0 Å². The molecule has 1 aromatic heterocycles. The molecule has 120 valence electrons. The predicted octanol–water partition coefficient (Wildman–Crippen LogP) is 3.64. The highest BCUT2D eigenvalue weighted by Gasteiger charge is 2.07. The van der Waals surface area contributed by atoms with Crippen molar-refractivity contribution in [3.05, 3.63) is 66.5 Å². The minimum Gasteiger partial charge on any atom is -0.497 e. The van der Waals surface area contributed by atoms with Crippen LogP contribution in [-0.2, 0) is 0 Å². The second-order valence-electron chi connectivity index (χ2n) is 4.91. The normalized spacial score (nSPS) is 10.2. The average Bonchev–Trinajstić information content (AvgIpc) is 2.62. The molecule has 6 nitrogen and oxygen atoms in total. The Kier molecular flexibility index (Phi) is 4.38. The molecule has 0 fully saturated rings. The summed E-state index contributed by atoms with van der Waals surface area (Å²) >= 11 is 0. The summed E-state index contributed by atoms with van der Waals surface area (Å²) in [5, 5.41) is 8.90. The summed E-state index contributed by atoms with van der Waals surface area (Å²) in [6.45, 7) is 0. The third kappa shape index (κ3) is 3.49. The Morgan fingerprint density at radius 3 is 2.50 bits per heavy atom. The van der Waals surface area contributed by atoms with Crippen molar-refractivity contribution in [2.45, 2.75) is 0 Å². The third-order valence-corrected chi connectivity index (χ3v) is 3.33. The van der Waals surface area contributed by atoms with Gasteiger partial charge in [-0.15, -0.1) is 0 Å². The lowest BCUT2D eigenvalue weighted by molar-refractivity contribution is 0.0697. The molecule has 0 bridgehead atoms. The summed E-state index contributed by atoms with van der Waals surface area (Å²) in [5.41, 5.74) is 1.77. The summed E-state index contributed by atoms with van der Waals surface area (Å²) in [7, 11) is 1.61. The van der Waals surface area contributed by atoms with Gasteiger partial charge in [-0.05, 0) is 36.4 Å². The Labute approximate surface area is 138 Å². The summed E-state index contributed by atoms with van der Waals surface area (Å²) < 4.78 is 10.9. The van der Waals surface area contributed by atoms with Gasteiger partial charge in [0.2, 0.25) is 5.88 Å². The number of carbonyl (C=O) groups is 1. The first-order valence-electron chi connectivity index (χ1n) is 7.13. The molecule has 3 rings (SSSR count). The molecule has 1 N–H and O–H groups in total. The minimum atomic E-state index is -0.983. The van der Waals surface area contributed by atoms with Gasteiger partial charge in [0, 0.05) is 11.6 Å². The van der Waals surface area contributed by atoms with E-state index in [1.807, 2.05) is 24.3 Å². The standard InChI is InChI=1S/C18H14N2O4/c1-23-15-4-2-3-13(9-15)16-10-17(20-11-19-16)24-14-7-5-12(6-8-14)18(21)22/h2-11H,1H3,(H,21,22). The van der Waals surface area contributed by atoms with Crippen molar-refractivity contribution in [2.75, 3.05) is 7.11 Å². The van der Waals surface area contributed by atoms with Crippen molar-refractivity contribution < 1.29 is 19.4 Å². The zero-order valence-electron chi connectivity index (χ0n) is 12.8. The Hall–Kier alpha value is -3.41. The minimum absolute atomic E-state index is 0.196. The van der Waals surface area contributed by atoms with E-state index in [0.717, 1.165) is 11.3 Å². The molecule has 0 saturated heterocycles. The van der Waals surface area contributed by atoms with E-state index in [4.69, 9.17) is 14.6 Å². The second-order valence-corrected chi connectivity index (χ2v) is 4.91. The van der Waals surface area contributed by atoms with E-state index in [2.05, 4.69) is 9.97 Å². The average molecular weight is 322 g/mol. The van der Waals surface area contributed by atoms with Gasteiger partial charge in [-0.2, -0.15) is 0 Å². The largest absolute Gasteiger partial charge is 0.497 e. The third-order valence-electron chi connectivity index (χ3n) is 3.33. The van der Waals surface area contributed by atoms with E-state index in [1.54, 1.807) is 25.3 Å². The number of aromatic nitrogens is 2. The van der Waals surface area contributed by atoms with Crippen molar-refractivity contribution in [1.82, 2.24) is 9.97 Å². The van der Waals surface area contributed by atoms with Gasteiger partial charge in [-0.3, -0.25) is 0 Å². The van der Waals surface area contributed by atoms with Crippen molar-refractivity contribution in [3.63, 3.8) is 0 Å². The van der Waals surface area contributed by atoms with Crippen LogP contribution in [0.2, 0.25) is 0 Å². The molecule has 6 heteroatoms. The molecule has 3 aromatic rings. The molecule has 2 aromatic carbocycles. The smallest absolute Gasteiger partial charge is 0.335 e. The van der Waals surface area contributed by atoms with Crippen molar-refractivity contribution in [2.24, 2.45) is 0 Å². The first kappa shape index (κ1) is 15.5. The maximum absolute atomic E-state index is 10.9. The Morgan fingerprint density at radius 2 is 1.79 bits per heavy atom. The number of benzene rings is 2. The molecule has 24 heavy (non-hydrogen) atoms.